The minimum Gasteiger partial charge on any atom is -0.481 e. The van der Waals surface area contributed by atoms with Crippen molar-refractivity contribution in [2.24, 2.45) is 0 Å². The molecule has 1 aliphatic carbocycles. The predicted molar refractivity (Wildman–Crippen MR) is 66.8 cm³/mol. The van der Waals surface area contributed by atoms with Crippen molar-refractivity contribution in [3.63, 3.8) is 0 Å². The van der Waals surface area contributed by atoms with Crippen LogP contribution in [0.1, 0.15) is 19.3 Å². The fraction of sp³-hybridized carbons (Fsp3) is 0.833. The third kappa shape index (κ3) is 3.78. The first-order valence-electron chi connectivity index (χ1n) is 6.81. The lowest BCUT2D eigenvalue weighted by Gasteiger charge is -2.35. The molecule has 0 spiro atoms. The van der Waals surface area contributed by atoms with Crippen molar-refractivity contribution in [1.82, 2.24) is 15.1 Å². The fourth-order valence-electron chi connectivity index (χ4n) is 2.32. The molecule has 2 aliphatic rings. The SMILES string of the molecule is O=C(O)CCN1CCN(C(=O)NC2(C(F)(F)F)CC2)CC1. The van der Waals surface area contributed by atoms with Crippen molar-refractivity contribution in [3.05, 3.63) is 0 Å². The molecule has 120 valence electrons. The number of hydrogen-bond donors (Lipinski definition) is 2. The molecule has 2 amide bonds. The van der Waals surface area contributed by atoms with Gasteiger partial charge in [-0.15, -0.1) is 0 Å². The van der Waals surface area contributed by atoms with Crippen LogP contribution in [0.15, 0.2) is 0 Å². The summed E-state index contributed by atoms with van der Waals surface area (Å²) in [4.78, 5) is 25.6. The fourth-order valence-corrected chi connectivity index (χ4v) is 2.32. The number of piperazine rings is 1. The highest BCUT2D eigenvalue weighted by Gasteiger charge is 2.64. The van der Waals surface area contributed by atoms with Gasteiger partial charge in [-0.2, -0.15) is 13.2 Å². The summed E-state index contributed by atoms with van der Waals surface area (Å²) in [5.74, 6) is -0.893. The highest BCUT2D eigenvalue weighted by Crippen LogP contribution is 2.48. The molecule has 0 aromatic carbocycles. The van der Waals surface area contributed by atoms with E-state index in [1.807, 2.05) is 4.90 Å². The van der Waals surface area contributed by atoms with Gasteiger partial charge in [-0.1, -0.05) is 0 Å². The third-order valence-electron chi connectivity index (χ3n) is 3.94. The Bertz CT molecular complexity index is 416. The van der Waals surface area contributed by atoms with E-state index >= 15 is 0 Å². The number of aliphatic carboxylic acids is 1. The van der Waals surface area contributed by atoms with Gasteiger partial charge in [0.05, 0.1) is 6.42 Å². The van der Waals surface area contributed by atoms with Crippen LogP contribution in [0.25, 0.3) is 0 Å². The maximum Gasteiger partial charge on any atom is 0.411 e. The number of carboxylic acid groups (broad SMARTS) is 1. The van der Waals surface area contributed by atoms with E-state index in [1.165, 1.54) is 4.90 Å². The minimum absolute atomic E-state index is 0.0172. The molecule has 1 saturated carbocycles. The second-order valence-corrected chi connectivity index (χ2v) is 5.48. The highest BCUT2D eigenvalue weighted by atomic mass is 19.4. The van der Waals surface area contributed by atoms with Crippen LogP contribution in [0.3, 0.4) is 0 Å². The van der Waals surface area contributed by atoms with Gasteiger partial charge in [0.25, 0.3) is 0 Å². The first-order valence-corrected chi connectivity index (χ1v) is 6.81. The summed E-state index contributed by atoms with van der Waals surface area (Å²) in [6, 6.07) is -0.692. The second-order valence-electron chi connectivity index (χ2n) is 5.48. The van der Waals surface area contributed by atoms with Crippen LogP contribution in [0, 0.1) is 0 Å². The van der Waals surface area contributed by atoms with Crippen molar-refractivity contribution >= 4 is 12.0 Å². The number of carbonyl (C=O) groups excluding carboxylic acids is 1. The summed E-state index contributed by atoms with van der Waals surface area (Å²) < 4.78 is 38.3. The first kappa shape index (κ1) is 15.9. The molecule has 0 bridgehead atoms. The van der Waals surface area contributed by atoms with Crippen LogP contribution in [0.5, 0.6) is 0 Å². The first-order chi connectivity index (χ1) is 9.73. The van der Waals surface area contributed by atoms with E-state index < -0.39 is 23.7 Å². The Balaban J connectivity index is 1.77. The normalized spacial score (nSPS) is 22.0. The number of carbonyl (C=O) groups is 2. The number of alkyl halides is 3. The summed E-state index contributed by atoms with van der Waals surface area (Å²) in [5, 5.41) is 10.7. The van der Waals surface area contributed by atoms with Crippen molar-refractivity contribution in [1.29, 1.82) is 0 Å². The van der Waals surface area contributed by atoms with E-state index in [4.69, 9.17) is 5.11 Å². The monoisotopic (exact) mass is 309 g/mol. The molecule has 0 radical (unpaired) electrons. The number of nitrogens with one attached hydrogen (secondary N) is 1. The number of rotatable bonds is 4. The van der Waals surface area contributed by atoms with Gasteiger partial charge < -0.3 is 15.3 Å². The van der Waals surface area contributed by atoms with Crippen LogP contribution in [-0.2, 0) is 4.79 Å². The molecule has 9 heteroatoms. The molecule has 2 rings (SSSR count). The lowest BCUT2D eigenvalue weighted by molar-refractivity contribution is -0.163. The van der Waals surface area contributed by atoms with Crippen LogP contribution in [0.4, 0.5) is 18.0 Å². The summed E-state index contributed by atoms with van der Waals surface area (Å²) >= 11 is 0. The van der Waals surface area contributed by atoms with Gasteiger partial charge in [0.2, 0.25) is 0 Å². The summed E-state index contributed by atoms with van der Waals surface area (Å²) in [5.41, 5.74) is -2.04. The summed E-state index contributed by atoms with van der Waals surface area (Å²) in [6.45, 7) is 1.94. The Hall–Kier alpha value is -1.51. The summed E-state index contributed by atoms with van der Waals surface area (Å²) in [7, 11) is 0. The zero-order chi connectivity index (χ0) is 15.7. The van der Waals surface area contributed by atoms with E-state index in [-0.39, 0.29) is 19.3 Å². The Morgan fingerprint density at radius 1 is 1.14 bits per heavy atom. The van der Waals surface area contributed by atoms with E-state index in [1.54, 1.807) is 0 Å². The molecule has 0 unspecified atom stereocenters. The third-order valence-corrected chi connectivity index (χ3v) is 3.94. The van der Waals surface area contributed by atoms with E-state index in [0.717, 1.165) is 0 Å². The van der Waals surface area contributed by atoms with E-state index in [9.17, 15) is 22.8 Å². The number of nitrogens with zero attached hydrogens (tertiary/aromatic N) is 2. The average molecular weight is 309 g/mol. The van der Waals surface area contributed by atoms with Gasteiger partial charge in [0.1, 0.15) is 5.54 Å². The van der Waals surface area contributed by atoms with Gasteiger partial charge in [-0.25, -0.2) is 4.79 Å². The van der Waals surface area contributed by atoms with Gasteiger partial charge in [-0.3, -0.25) is 9.69 Å². The molecule has 2 fully saturated rings. The van der Waals surface area contributed by atoms with Crippen LogP contribution >= 0.6 is 0 Å². The molecular formula is C12H18F3N3O3. The van der Waals surface area contributed by atoms with Crippen molar-refractivity contribution in [3.8, 4) is 0 Å². The van der Waals surface area contributed by atoms with Gasteiger partial charge in [0, 0.05) is 32.7 Å². The van der Waals surface area contributed by atoms with Crippen molar-refractivity contribution < 1.29 is 27.9 Å². The topological polar surface area (TPSA) is 72.9 Å². The smallest absolute Gasteiger partial charge is 0.411 e. The number of halogens is 3. The van der Waals surface area contributed by atoms with Crippen molar-refractivity contribution in [2.75, 3.05) is 32.7 Å². The zero-order valence-electron chi connectivity index (χ0n) is 11.4. The quantitative estimate of drug-likeness (QED) is 0.809. The number of urea groups is 1. The number of hydrogen-bond acceptors (Lipinski definition) is 3. The summed E-state index contributed by atoms with van der Waals surface area (Å²) in [6.07, 6.45) is -4.53. The molecular weight excluding hydrogens is 291 g/mol. The van der Waals surface area contributed by atoms with E-state index in [2.05, 4.69) is 5.32 Å². The molecule has 1 saturated heterocycles. The Kier molecular flexibility index (Phi) is 4.31. The molecule has 21 heavy (non-hydrogen) atoms. The largest absolute Gasteiger partial charge is 0.481 e. The maximum absolute atomic E-state index is 12.8. The van der Waals surface area contributed by atoms with Gasteiger partial charge in [-0.05, 0) is 12.8 Å². The van der Waals surface area contributed by atoms with Crippen LogP contribution < -0.4 is 5.32 Å². The number of amides is 2. The Morgan fingerprint density at radius 2 is 1.71 bits per heavy atom. The molecule has 2 N–H and O–H groups in total. The molecule has 1 aliphatic heterocycles. The minimum atomic E-state index is -4.41. The second kappa shape index (κ2) is 5.70. The Labute approximate surface area is 119 Å². The van der Waals surface area contributed by atoms with Crippen LogP contribution in [0.2, 0.25) is 0 Å². The lowest BCUT2D eigenvalue weighted by atomic mass is 10.2. The Morgan fingerprint density at radius 3 is 2.14 bits per heavy atom. The average Bonchev–Trinajstić information content (AvgIpc) is 3.17. The predicted octanol–water partition coefficient (Wildman–Crippen LogP) is 0.883. The molecule has 1 heterocycles. The molecule has 0 atom stereocenters. The highest BCUT2D eigenvalue weighted by molar-refractivity contribution is 5.76. The maximum atomic E-state index is 12.8. The molecule has 0 aromatic rings. The van der Waals surface area contributed by atoms with Gasteiger partial charge in [0.15, 0.2) is 0 Å². The standard InChI is InChI=1S/C12H18F3N3O3/c13-12(14,15)11(2-3-11)16-10(21)18-7-5-17(6-8-18)4-1-9(19)20/h1-8H2,(H,16,21)(H,19,20). The molecule has 0 aromatic heterocycles. The zero-order valence-corrected chi connectivity index (χ0v) is 11.4. The van der Waals surface area contributed by atoms with E-state index in [0.29, 0.717) is 32.7 Å². The molecule has 6 nitrogen and oxygen atoms in total. The van der Waals surface area contributed by atoms with Gasteiger partial charge >= 0.3 is 18.2 Å². The lowest BCUT2D eigenvalue weighted by Crippen LogP contribution is -2.57. The van der Waals surface area contributed by atoms with Crippen molar-refractivity contribution in [2.45, 2.75) is 31.0 Å². The number of carboxylic acids is 1. The van der Waals surface area contributed by atoms with Crippen LogP contribution in [-0.4, -0.2) is 71.3 Å².